The number of carboxylic acid groups (broad SMARTS) is 1. The van der Waals surface area contributed by atoms with Gasteiger partial charge in [0, 0.05) is 37.9 Å². The average Bonchev–Trinajstić information content (AvgIpc) is 2.61. The number of hydrogen-bond acceptors (Lipinski definition) is 3. The number of piperidine rings is 2. The number of benzene rings is 1. The zero-order valence-electron chi connectivity index (χ0n) is 15.0. The Labute approximate surface area is 153 Å². The molecule has 2 saturated heterocycles. The quantitative estimate of drug-likeness (QED) is 0.866. The number of aliphatic carboxylic acids is 1. The second kappa shape index (κ2) is 7.93. The van der Waals surface area contributed by atoms with Gasteiger partial charge in [-0.3, -0.25) is 4.79 Å². The standard InChI is InChI=1S/C19H26FN3O3/c1-13-8-14(18(24)25)11-23(10-13)19(26)21-16-5-3-7-22(12-16)17-6-2-4-15(20)9-17/h2,4,6,9,13-14,16H,3,5,7-8,10-12H2,1H3,(H,21,26)(H,24,25). The van der Waals surface area contributed by atoms with Crippen LogP contribution in [-0.2, 0) is 4.79 Å². The minimum atomic E-state index is -0.843. The Bertz CT molecular complexity index is 669. The molecule has 6 nitrogen and oxygen atoms in total. The Morgan fingerprint density at radius 1 is 1.27 bits per heavy atom. The summed E-state index contributed by atoms with van der Waals surface area (Å²) in [6.07, 6.45) is 2.38. The van der Waals surface area contributed by atoms with Gasteiger partial charge in [-0.15, -0.1) is 0 Å². The Balaban J connectivity index is 1.59. The summed E-state index contributed by atoms with van der Waals surface area (Å²) in [6.45, 7) is 4.27. The Hall–Kier alpha value is -2.31. The van der Waals surface area contributed by atoms with Crippen molar-refractivity contribution in [3.63, 3.8) is 0 Å². The molecule has 0 spiro atoms. The zero-order chi connectivity index (χ0) is 18.7. The monoisotopic (exact) mass is 363 g/mol. The molecule has 3 unspecified atom stereocenters. The van der Waals surface area contributed by atoms with E-state index in [1.165, 1.54) is 12.1 Å². The molecule has 2 amide bonds. The van der Waals surface area contributed by atoms with E-state index in [9.17, 15) is 19.1 Å². The van der Waals surface area contributed by atoms with Crippen LogP contribution in [0, 0.1) is 17.7 Å². The summed E-state index contributed by atoms with van der Waals surface area (Å²) >= 11 is 0. The third-order valence-electron chi connectivity index (χ3n) is 5.22. The van der Waals surface area contributed by atoms with Crippen molar-refractivity contribution in [2.45, 2.75) is 32.2 Å². The maximum Gasteiger partial charge on any atom is 0.317 e. The number of halogens is 1. The first kappa shape index (κ1) is 18.5. The van der Waals surface area contributed by atoms with Gasteiger partial charge in [-0.1, -0.05) is 13.0 Å². The number of hydrogen-bond donors (Lipinski definition) is 2. The summed E-state index contributed by atoms with van der Waals surface area (Å²) in [5.41, 5.74) is 0.821. The molecular weight excluding hydrogens is 337 g/mol. The molecule has 2 aliphatic heterocycles. The lowest BCUT2D eigenvalue weighted by atomic mass is 9.91. The summed E-state index contributed by atoms with van der Waals surface area (Å²) in [5, 5.41) is 12.3. The minimum Gasteiger partial charge on any atom is -0.481 e. The van der Waals surface area contributed by atoms with Crippen LogP contribution in [0.15, 0.2) is 24.3 Å². The van der Waals surface area contributed by atoms with Crippen LogP contribution in [-0.4, -0.2) is 54.2 Å². The summed E-state index contributed by atoms with van der Waals surface area (Å²) < 4.78 is 13.5. The first-order chi connectivity index (χ1) is 12.4. The molecule has 2 fully saturated rings. The van der Waals surface area contributed by atoms with Crippen LogP contribution in [0.2, 0.25) is 0 Å². The van der Waals surface area contributed by atoms with Crippen LogP contribution in [0.1, 0.15) is 26.2 Å². The number of urea groups is 1. The molecule has 7 heteroatoms. The van der Waals surface area contributed by atoms with Crippen molar-refractivity contribution in [2.75, 3.05) is 31.1 Å². The van der Waals surface area contributed by atoms with Gasteiger partial charge < -0.3 is 20.2 Å². The first-order valence-corrected chi connectivity index (χ1v) is 9.21. The third-order valence-corrected chi connectivity index (χ3v) is 5.22. The van der Waals surface area contributed by atoms with Gasteiger partial charge >= 0.3 is 12.0 Å². The highest BCUT2D eigenvalue weighted by Crippen LogP contribution is 2.23. The molecule has 142 valence electrons. The van der Waals surface area contributed by atoms with Gasteiger partial charge in [-0.25, -0.2) is 9.18 Å². The van der Waals surface area contributed by atoms with Gasteiger partial charge in [0.25, 0.3) is 0 Å². The van der Waals surface area contributed by atoms with Crippen molar-refractivity contribution in [1.29, 1.82) is 0 Å². The van der Waals surface area contributed by atoms with E-state index in [0.717, 1.165) is 25.1 Å². The fraction of sp³-hybridized carbons (Fsp3) is 0.579. The first-order valence-electron chi connectivity index (χ1n) is 9.21. The molecule has 1 aromatic rings. The number of carbonyl (C=O) groups excluding carboxylic acids is 1. The number of likely N-dealkylation sites (tertiary alicyclic amines) is 1. The second-order valence-corrected chi connectivity index (χ2v) is 7.50. The molecule has 0 radical (unpaired) electrons. The van der Waals surface area contributed by atoms with E-state index in [0.29, 0.717) is 19.5 Å². The van der Waals surface area contributed by atoms with Crippen molar-refractivity contribution in [1.82, 2.24) is 10.2 Å². The maximum atomic E-state index is 13.5. The number of nitrogens with zero attached hydrogens (tertiary/aromatic N) is 2. The Morgan fingerprint density at radius 2 is 2.08 bits per heavy atom. The molecule has 0 aliphatic carbocycles. The number of carbonyl (C=O) groups is 2. The second-order valence-electron chi connectivity index (χ2n) is 7.50. The van der Waals surface area contributed by atoms with Crippen molar-refractivity contribution < 1.29 is 19.1 Å². The third kappa shape index (κ3) is 4.45. The van der Waals surface area contributed by atoms with Gasteiger partial charge in [-0.05, 0) is 43.4 Å². The highest BCUT2D eigenvalue weighted by Gasteiger charge is 2.33. The van der Waals surface area contributed by atoms with Crippen LogP contribution in [0.3, 0.4) is 0 Å². The zero-order valence-corrected chi connectivity index (χ0v) is 15.0. The topological polar surface area (TPSA) is 72.9 Å². The fourth-order valence-corrected chi connectivity index (χ4v) is 3.96. The predicted octanol–water partition coefficient (Wildman–Crippen LogP) is 2.55. The predicted molar refractivity (Wildman–Crippen MR) is 96.6 cm³/mol. The summed E-state index contributed by atoms with van der Waals surface area (Å²) in [5.74, 6) is -1.44. The van der Waals surface area contributed by atoms with E-state index >= 15 is 0 Å². The van der Waals surface area contributed by atoms with E-state index in [2.05, 4.69) is 10.2 Å². The molecule has 3 atom stereocenters. The minimum absolute atomic E-state index is 0.0278. The van der Waals surface area contributed by atoms with Gasteiger partial charge in [-0.2, -0.15) is 0 Å². The lowest BCUT2D eigenvalue weighted by Gasteiger charge is -2.38. The average molecular weight is 363 g/mol. The smallest absolute Gasteiger partial charge is 0.317 e. The molecule has 0 saturated carbocycles. The summed E-state index contributed by atoms with van der Waals surface area (Å²) in [7, 11) is 0. The van der Waals surface area contributed by atoms with Crippen LogP contribution >= 0.6 is 0 Å². The number of anilines is 1. The van der Waals surface area contributed by atoms with Crippen LogP contribution in [0.5, 0.6) is 0 Å². The molecule has 3 rings (SSSR count). The number of nitrogens with one attached hydrogen (secondary N) is 1. The van der Waals surface area contributed by atoms with E-state index in [1.807, 2.05) is 13.0 Å². The van der Waals surface area contributed by atoms with E-state index < -0.39 is 11.9 Å². The van der Waals surface area contributed by atoms with E-state index in [1.54, 1.807) is 11.0 Å². The highest BCUT2D eigenvalue weighted by molar-refractivity contribution is 5.77. The largest absolute Gasteiger partial charge is 0.481 e. The number of rotatable bonds is 3. The van der Waals surface area contributed by atoms with Gasteiger partial charge in [0.15, 0.2) is 0 Å². The highest BCUT2D eigenvalue weighted by atomic mass is 19.1. The van der Waals surface area contributed by atoms with E-state index in [4.69, 9.17) is 0 Å². The number of amides is 2. The van der Waals surface area contributed by atoms with Crippen molar-refractivity contribution >= 4 is 17.7 Å². The van der Waals surface area contributed by atoms with Crippen molar-refractivity contribution in [3.05, 3.63) is 30.1 Å². The van der Waals surface area contributed by atoms with Crippen LogP contribution in [0.4, 0.5) is 14.9 Å². The molecule has 0 bridgehead atoms. The molecule has 2 N–H and O–H groups in total. The summed E-state index contributed by atoms with van der Waals surface area (Å²) in [4.78, 5) is 27.6. The Morgan fingerprint density at radius 3 is 2.81 bits per heavy atom. The molecule has 2 heterocycles. The van der Waals surface area contributed by atoms with Gasteiger partial charge in [0.2, 0.25) is 0 Å². The van der Waals surface area contributed by atoms with Gasteiger partial charge in [0.05, 0.1) is 5.92 Å². The van der Waals surface area contributed by atoms with Crippen molar-refractivity contribution in [3.8, 4) is 0 Å². The molecule has 0 aromatic heterocycles. The SMILES string of the molecule is CC1CC(C(=O)O)CN(C(=O)NC2CCCN(c3cccc(F)c3)C2)C1. The van der Waals surface area contributed by atoms with Crippen LogP contribution < -0.4 is 10.2 Å². The number of carboxylic acids is 1. The maximum absolute atomic E-state index is 13.5. The lowest BCUT2D eigenvalue weighted by Crippen LogP contribution is -2.55. The van der Waals surface area contributed by atoms with Crippen LogP contribution in [0.25, 0.3) is 0 Å². The van der Waals surface area contributed by atoms with Crippen molar-refractivity contribution in [2.24, 2.45) is 11.8 Å². The molecular formula is C19H26FN3O3. The molecule has 2 aliphatic rings. The normalized spacial score (nSPS) is 26.5. The fourth-order valence-electron chi connectivity index (χ4n) is 3.96. The summed E-state index contributed by atoms with van der Waals surface area (Å²) in [6, 6.07) is 6.26. The lowest BCUT2D eigenvalue weighted by molar-refractivity contribution is -0.143. The molecule has 26 heavy (non-hydrogen) atoms. The Kier molecular flexibility index (Phi) is 5.64. The van der Waals surface area contributed by atoms with E-state index in [-0.39, 0.29) is 30.4 Å². The molecule has 1 aromatic carbocycles. The van der Waals surface area contributed by atoms with Gasteiger partial charge in [0.1, 0.15) is 5.82 Å².